The smallest absolute Gasteiger partial charge is 0.175 e. The van der Waals surface area contributed by atoms with Crippen molar-refractivity contribution in [1.82, 2.24) is 9.55 Å². The molecule has 0 bridgehead atoms. The number of aromatic hydroxyl groups is 1. The van der Waals surface area contributed by atoms with Gasteiger partial charge in [0.25, 0.3) is 0 Å². The highest BCUT2D eigenvalue weighted by Gasteiger charge is 2.16. The summed E-state index contributed by atoms with van der Waals surface area (Å²) in [6.45, 7) is 1.86. The molecule has 0 amide bonds. The molecular formula is C20H17ClN2O4S2. The fraction of sp³-hybridized carbons (Fsp3) is 0.150. The van der Waals surface area contributed by atoms with Crippen molar-refractivity contribution in [2.24, 2.45) is 0 Å². The molecule has 0 aliphatic rings. The molecule has 29 heavy (non-hydrogen) atoms. The van der Waals surface area contributed by atoms with Crippen LogP contribution in [0.4, 0.5) is 0 Å². The Morgan fingerprint density at radius 1 is 1.24 bits per heavy atom. The lowest BCUT2D eigenvalue weighted by Crippen LogP contribution is -2.03. The second kappa shape index (κ2) is 7.37. The van der Waals surface area contributed by atoms with Crippen molar-refractivity contribution in [2.45, 2.75) is 17.9 Å². The van der Waals surface area contributed by atoms with Crippen LogP contribution >= 0.6 is 22.9 Å². The van der Waals surface area contributed by atoms with Crippen LogP contribution in [0.25, 0.3) is 16.0 Å². The van der Waals surface area contributed by atoms with Gasteiger partial charge in [0.2, 0.25) is 0 Å². The van der Waals surface area contributed by atoms with Gasteiger partial charge in [-0.15, -0.1) is 11.3 Å². The minimum absolute atomic E-state index is 0.0176. The van der Waals surface area contributed by atoms with Gasteiger partial charge in [-0.05, 0) is 31.2 Å². The topological polar surface area (TPSA) is 81.4 Å². The summed E-state index contributed by atoms with van der Waals surface area (Å²) in [5.74, 6) is 0.676. The van der Waals surface area contributed by atoms with E-state index in [0.717, 1.165) is 10.5 Å². The van der Waals surface area contributed by atoms with Gasteiger partial charge in [-0.2, -0.15) is 0 Å². The minimum atomic E-state index is -3.29. The number of phenols is 1. The van der Waals surface area contributed by atoms with Gasteiger partial charge in [0.1, 0.15) is 28.9 Å². The molecule has 0 aliphatic heterocycles. The van der Waals surface area contributed by atoms with Crippen molar-refractivity contribution < 1.29 is 18.3 Å². The molecule has 0 radical (unpaired) electrons. The predicted molar refractivity (Wildman–Crippen MR) is 114 cm³/mol. The number of aromatic nitrogens is 2. The number of nitrogens with zero attached hydrogens (tertiary/aromatic N) is 2. The third-order valence-electron chi connectivity index (χ3n) is 4.50. The van der Waals surface area contributed by atoms with Crippen molar-refractivity contribution >= 4 is 43.8 Å². The molecule has 9 heteroatoms. The minimum Gasteiger partial charge on any atom is -0.506 e. The van der Waals surface area contributed by atoms with E-state index in [1.165, 1.54) is 23.7 Å². The van der Waals surface area contributed by atoms with Crippen LogP contribution in [0.1, 0.15) is 18.6 Å². The molecule has 4 aromatic rings. The van der Waals surface area contributed by atoms with Crippen LogP contribution in [-0.2, 0) is 9.84 Å². The van der Waals surface area contributed by atoms with Crippen LogP contribution in [0, 0.1) is 0 Å². The Morgan fingerprint density at radius 3 is 2.79 bits per heavy atom. The zero-order chi connectivity index (χ0) is 20.8. The fourth-order valence-electron chi connectivity index (χ4n) is 3.01. The van der Waals surface area contributed by atoms with E-state index in [9.17, 15) is 13.5 Å². The molecule has 0 unspecified atom stereocenters. The van der Waals surface area contributed by atoms with Crippen molar-refractivity contribution in [1.29, 1.82) is 0 Å². The summed E-state index contributed by atoms with van der Waals surface area (Å²) < 4.78 is 31.4. The van der Waals surface area contributed by atoms with E-state index in [0.29, 0.717) is 16.8 Å². The molecule has 150 valence electrons. The second-order valence-corrected chi connectivity index (χ2v) is 9.88. The van der Waals surface area contributed by atoms with Gasteiger partial charge in [0.05, 0.1) is 21.0 Å². The SMILES string of the molecule is C[C@@H](Oc1csc(-n2cnc3cc(S(C)(=O)=O)ccc32)c1)c1cccc(O)c1Cl. The normalized spacial score (nSPS) is 12.9. The Bertz CT molecular complexity index is 1310. The number of phenolic OH excluding ortho intramolecular Hbond substituents is 1. The number of benzene rings is 2. The number of halogens is 1. The molecule has 0 fully saturated rings. The van der Waals surface area contributed by atoms with Crippen LogP contribution in [0.3, 0.4) is 0 Å². The van der Waals surface area contributed by atoms with Gasteiger partial charge < -0.3 is 9.84 Å². The maximum absolute atomic E-state index is 11.7. The summed E-state index contributed by atoms with van der Waals surface area (Å²) in [6, 6.07) is 11.8. The van der Waals surface area contributed by atoms with E-state index in [2.05, 4.69) is 4.98 Å². The molecule has 4 rings (SSSR count). The number of ether oxygens (including phenoxy) is 1. The lowest BCUT2D eigenvalue weighted by molar-refractivity contribution is 0.227. The highest BCUT2D eigenvalue weighted by Crippen LogP contribution is 2.35. The van der Waals surface area contributed by atoms with Crippen LogP contribution in [0.2, 0.25) is 5.02 Å². The average Bonchev–Trinajstić information content (AvgIpc) is 3.29. The summed E-state index contributed by atoms with van der Waals surface area (Å²) in [7, 11) is -3.29. The van der Waals surface area contributed by atoms with Gasteiger partial charge in [-0.25, -0.2) is 13.4 Å². The standard InChI is InChI=1S/C20H17ClN2O4S2/c1-12(15-4-3-5-18(24)20(15)21)27-13-8-19(28-10-13)23-11-22-16-9-14(29(2,25)26)6-7-17(16)23/h3-12,24H,1-2H3/t12-/m1/s1. The molecule has 2 aromatic heterocycles. The van der Waals surface area contributed by atoms with Gasteiger partial charge in [-0.1, -0.05) is 23.7 Å². The van der Waals surface area contributed by atoms with Crippen LogP contribution in [0.5, 0.6) is 11.5 Å². The average molecular weight is 449 g/mol. The number of rotatable bonds is 5. The summed E-state index contributed by atoms with van der Waals surface area (Å²) in [6.07, 6.45) is 2.48. The van der Waals surface area contributed by atoms with Gasteiger partial charge >= 0.3 is 0 Å². The number of hydrogen-bond donors (Lipinski definition) is 1. The summed E-state index contributed by atoms with van der Waals surface area (Å²) in [4.78, 5) is 4.57. The van der Waals surface area contributed by atoms with Gasteiger partial charge in [0.15, 0.2) is 9.84 Å². The summed E-state index contributed by atoms with van der Waals surface area (Å²) >= 11 is 7.64. The van der Waals surface area contributed by atoms with E-state index in [-0.39, 0.29) is 21.8 Å². The van der Waals surface area contributed by atoms with Crippen molar-refractivity contribution in [3.8, 4) is 16.5 Å². The third-order valence-corrected chi connectivity index (χ3v) is 6.93. The first kappa shape index (κ1) is 19.8. The van der Waals surface area contributed by atoms with Crippen LogP contribution in [0.15, 0.2) is 59.1 Å². The van der Waals surface area contributed by atoms with E-state index in [1.54, 1.807) is 30.6 Å². The molecule has 2 heterocycles. The molecule has 1 atom stereocenters. The monoisotopic (exact) mass is 448 g/mol. The number of imidazole rings is 1. The summed E-state index contributed by atoms with van der Waals surface area (Å²) in [5.41, 5.74) is 2.10. The lowest BCUT2D eigenvalue weighted by Gasteiger charge is -2.15. The fourth-order valence-corrected chi connectivity index (χ4v) is 4.74. The first-order valence-corrected chi connectivity index (χ1v) is 11.8. The number of hydrogen-bond acceptors (Lipinski definition) is 6. The molecule has 0 aliphatic carbocycles. The zero-order valence-electron chi connectivity index (χ0n) is 15.5. The highest BCUT2D eigenvalue weighted by atomic mass is 35.5. The Labute approximate surface area is 176 Å². The van der Waals surface area contributed by atoms with E-state index >= 15 is 0 Å². The molecule has 0 saturated heterocycles. The van der Waals surface area contributed by atoms with E-state index in [1.807, 2.05) is 29.0 Å². The largest absolute Gasteiger partial charge is 0.506 e. The number of sulfone groups is 1. The molecular weight excluding hydrogens is 432 g/mol. The molecule has 0 spiro atoms. The molecule has 6 nitrogen and oxygen atoms in total. The van der Waals surface area contributed by atoms with Gasteiger partial charge in [-0.3, -0.25) is 4.57 Å². The van der Waals surface area contributed by atoms with Crippen molar-refractivity contribution in [3.63, 3.8) is 0 Å². The second-order valence-electron chi connectivity index (χ2n) is 6.60. The highest BCUT2D eigenvalue weighted by molar-refractivity contribution is 7.90. The lowest BCUT2D eigenvalue weighted by atomic mass is 10.1. The molecule has 1 N–H and O–H groups in total. The quantitative estimate of drug-likeness (QED) is 0.465. The number of thiophene rings is 1. The predicted octanol–water partition coefficient (Wildman–Crippen LogP) is 4.99. The van der Waals surface area contributed by atoms with E-state index in [4.69, 9.17) is 16.3 Å². The maximum Gasteiger partial charge on any atom is 0.175 e. The van der Waals surface area contributed by atoms with Gasteiger partial charge in [0, 0.05) is 23.3 Å². The molecule has 2 aromatic carbocycles. The maximum atomic E-state index is 11.7. The zero-order valence-corrected chi connectivity index (χ0v) is 17.9. The Balaban J connectivity index is 1.61. The Kier molecular flexibility index (Phi) is 5.02. The van der Waals surface area contributed by atoms with E-state index < -0.39 is 9.84 Å². The number of fused-ring (bicyclic) bond motifs is 1. The van der Waals surface area contributed by atoms with Crippen molar-refractivity contribution in [3.05, 3.63) is 64.8 Å². The Morgan fingerprint density at radius 2 is 2.03 bits per heavy atom. The summed E-state index contributed by atoms with van der Waals surface area (Å²) in [5, 5.41) is 12.8. The van der Waals surface area contributed by atoms with Crippen LogP contribution in [-0.4, -0.2) is 29.3 Å². The van der Waals surface area contributed by atoms with Crippen LogP contribution < -0.4 is 4.74 Å². The first-order valence-electron chi connectivity index (χ1n) is 8.64. The third kappa shape index (κ3) is 3.83. The first-order chi connectivity index (χ1) is 13.7. The molecule has 0 saturated carbocycles. The van der Waals surface area contributed by atoms with Crippen molar-refractivity contribution in [2.75, 3.05) is 6.26 Å². The Hall–Kier alpha value is -2.55.